The Morgan fingerprint density at radius 3 is 2.89 bits per heavy atom. The zero-order valence-corrected chi connectivity index (χ0v) is 10.7. The topological polar surface area (TPSA) is 38.3 Å². The van der Waals surface area contributed by atoms with Gasteiger partial charge in [0.15, 0.2) is 0 Å². The molecule has 1 aromatic rings. The molecule has 0 saturated heterocycles. The first kappa shape index (κ1) is 12.8. The Hall–Kier alpha value is -1.61. The summed E-state index contributed by atoms with van der Waals surface area (Å²) in [5, 5.41) is 3.28. The van der Waals surface area contributed by atoms with Crippen molar-refractivity contribution < 1.29 is 9.53 Å². The summed E-state index contributed by atoms with van der Waals surface area (Å²) in [6.07, 6.45) is 4.12. The van der Waals surface area contributed by atoms with Gasteiger partial charge in [0.1, 0.15) is 5.54 Å². The number of methoxy groups -OCH3 is 1. The number of hydrogen-bond acceptors (Lipinski definition) is 3. The molecular formula is C15H19NO2. The van der Waals surface area contributed by atoms with Crippen molar-refractivity contribution >= 4 is 5.97 Å². The highest BCUT2D eigenvalue weighted by Crippen LogP contribution is 2.29. The van der Waals surface area contributed by atoms with Crippen molar-refractivity contribution in [3.63, 3.8) is 0 Å². The van der Waals surface area contributed by atoms with Crippen molar-refractivity contribution in [2.45, 2.75) is 24.8 Å². The Bertz CT molecular complexity index is 456. The first-order chi connectivity index (χ1) is 8.72. The van der Waals surface area contributed by atoms with Crippen molar-refractivity contribution in [2.75, 3.05) is 13.7 Å². The normalized spacial score (nSPS) is 22.1. The van der Waals surface area contributed by atoms with Gasteiger partial charge in [-0.05, 0) is 24.0 Å². The van der Waals surface area contributed by atoms with Gasteiger partial charge in [0.25, 0.3) is 0 Å². The number of carbonyl (C=O) groups is 1. The molecule has 0 amide bonds. The second kappa shape index (κ2) is 5.36. The minimum atomic E-state index is -0.600. The average molecular weight is 245 g/mol. The van der Waals surface area contributed by atoms with Crippen LogP contribution >= 0.6 is 0 Å². The predicted molar refractivity (Wildman–Crippen MR) is 71.4 cm³/mol. The highest BCUT2D eigenvalue weighted by Gasteiger charge is 2.41. The molecule has 0 fully saturated rings. The van der Waals surface area contributed by atoms with Crippen LogP contribution in [0.1, 0.15) is 17.5 Å². The average Bonchev–Trinajstić information content (AvgIpc) is 2.44. The van der Waals surface area contributed by atoms with E-state index in [1.165, 1.54) is 18.2 Å². The van der Waals surface area contributed by atoms with E-state index >= 15 is 0 Å². The van der Waals surface area contributed by atoms with Crippen LogP contribution in [0.15, 0.2) is 36.9 Å². The summed E-state index contributed by atoms with van der Waals surface area (Å²) in [6, 6.07) is 8.27. The first-order valence-corrected chi connectivity index (χ1v) is 6.23. The van der Waals surface area contributed by atoms with E-state index in [-0.39, 0.29) is 5.97 Å². The van der Waals surface area contributed by atoms with Gasteiger partial charge in [0.05, 0.1) is 7.11 Å². The Morgan fingerprint density at radius 2 is 2.22 bits per heavy atom. The molecule has 18 heavy (non-hydrogen) atoms. The van der Waals surface area contributed by atoms with Gasteiger partial charge in [0.2, 0.25) is 0 Å². The van der Waals surface area contributed by atoms with Crippen LogP contribution in [0.5, 0.6) is 0 Å². The number of benzene rings is 1. The van der Waals surface area contributed by atoms with Gasteiger partial charge in [-0.2, -0.15) is 0 Å². The molecule has 0 bridgehead atoms. The summed E-state index contributed by atoms with van der Waals surface area (Å²) in [6.45, 7) is 4.30. The standard InChI is InChI=1S/C15H19NO2/c1-3-10-16-15(14(17)18-2)9-8-12-6-4-5-7-13(12)11-15/h3-7,16H,1,8-11H2,2H3. The van der Waals surface area contributed by atoms with Gasteiger partial charge in [-0.1, -0.05) is 30.3 Å². The summed E-state index contributed by atoms with van der Waals surface area (Å²) in [7, 11) is 1.44. The number of esters is 1. The van der Waals surface area contributed by atoms with Crippen molar-refractivity contribution in [1.82, 2.24) is 5.32 Å². The zero-order valence-electron chi connectivity index (χ0n) is 10.7. The first-order valence-electron chi connectivity index (χ1n) is 6.23. The van der Waals surface area contributed by atoms with Crippen molar-refractivity contribution in [2.24, 2.45) is 0 Å². The second-order valence-corrected chi connectivity index (χ2v) is 4.69. The quantitative estimate of drug-likeness (QED) is 0.650. The Kier molecular flexibility index (Phi) is 3.82. The summed E-state index contributed by atoms with van der Waals surface area (Å²) in [4.78, 5) is 12.1. The van der Waals surface area contributed by atoms with Crippen molar-refractivity contribution in [1.29, 1.82) is 0 Å². The molecule has 0 radical (unpaired) electrons. The van der Waals surface area contributed by atoms with E-state index in [9.17, 15) is 4.79 Å². The van der Waals surface area contributed by atoms with Crippen molar-refractivity contribution in [3.8, 4) is 0 Å². The molecule has 1 aliphatic carbocycles. The van der Waals surface area contributed by atoms with E-state index in [1.807, 2.05) is 12.1 Å². The fraction of sp³-hybridized carbons (Fsp3) is 0.400. The maximum atomic E-state index is 12.1. The van der Waals surface area contributed by atoms with E-state index < -0.39 is 5.54 Å². The van der Waals surface area contributed by atoms with E-state index in [4.69, 9.17) is 4.74 Å². The van der Waals surface area contributed by atoms with Gasteiger partial charge in [-0.15, -0.1) is 6.58 Å². The summed E-state index contributed by atoms with van der Waals surface area (Å²) in [5.41, 5.74) is 1.96. The lowest BCUT2D eigenvalue weighted by Crippen LogP contribution is -2.56. The Balaban J connectivity index is 2.28. The predicted octanol–water partition coefficient (Wildman–Crippen LogP) is 1.86. The van der Waals surface area contributed by atoms with Gasteiger partial charge in [-0.3, -0.25) is 10.1 Å². The fourth-order valence-electron chi connectivity index (χ4n) is 2.60. The molecule has 3 nitrogen and oxygen atoms in total. The van der Waals surface area contributed by atoms with Crippen LogP contribution < -0.4 is 5.32 Å². The van der Waals surface area contributed by atoms with Gasteiger partial charge in [0, 0.05) is 13.0 Å². The molecule has 1 atom stereocenters. The van der Waals surface area contributed by atoms with Crippen LogP contribution in [0.3, 0.4) is 0 Å². The molecule has 1 unspecified atom stereocenters. The minimum absolute atomic E-state index is 0.182. The summed E-state index contributed by atoms with van der Waals surface area (Å²) < 4.78 is 4.97. The molecule has 0 spiro atoms. The van der Waals surface area contributed by atoms with E-state index in [0.29, 0.717) is 13.0 Å². The molecule has 0 saturated carbocycles. The highest BCUT2D eigenvalue weighted by molar-refractivity contribution is 5.81. The number of hydrogen-bond donors (Lipinski definition) is 1. The molecular weight excluding hydrogens is 226 g/mol. The molecule has 1 aromatic carbocycles. The SMILES string of the molecule is C=CCNC1(C(=O)OC)CCc2ccccc2C1. The van der Waals surface area contributed by atoms with Crippen LogP contribution in [0, 0.1) is 0 Å². The van der Waals surface area contributed by atoms with Crippen LogP contribution in [0.25, 0.3) is 0 Å². The van der Waals surface area contributed by atoms with Crippen molar-refractivity contribution in [3.05, 3.63) is 48.0 Å². The van der Waals surface area contributed by atoms with Crippen LogP contribution in [0.4, 0.5) is 0 Å². The number of nitrogens with one attached hydrogen (secondary N) is 1. The van der Waals surface area contributed by atoms with Crippen LogP contribution in [0.2, 0.25) is 0 Å². The highest BCUT2D eigenvalue weighted by atomic mass is 16.5. The molecule has 96 valence electrons. The molecule has 3 heteroatoms. The summed E-state index contributed by atoms with van der Waals surface area (Å²) in [5.74, 6) is -0.182. The lowest BCUT2D eigenvalue weighted by molar-refractivity contribution is -0.149. The van der Waals surface area contributed by atoms with E-state index in [2.05, 4.69) is 24.0 Å². The number of fused-ring (bicyclic) bond motifs is 1. The van der Waals surface area contributed by atoms with Gasteiger partial charge < -0.3 is 4.74 Å². The smallest absolute Gasteiger partial charge is 0.326 e. The molecule has 1 N–H and O–H groups in total. The number of aryl methyl sites for hydroxylation is 1. The third-order valence-corrected chi connectivity index (χ3v) is 3.59. The molecule has 0 heterocycles. The third kappa shape index (κ3) is 2.31. The molecule has 0 aromatic heterocycles. The van der Waals surface area contributed by atoms with Crippen LogP contribution in [-0.4, -0.2) is 25.2 Å². The lowest BCUT2D eigenvalue weighted by Gasteiger charge is -2.36. The van der Waals surface area contributed by atoms with Gasteiger partial charge >= 0.3 is 5.97 Å². The largest absolute Gasteiger partial charge is 0.468 e. The number of ether oxygens (including phenoxy) is 1. The number of carbonyl (C=O) groups excluding carboxylic acids is 1. The van der Waals surface area contributed by atoms with E-state index in [1.54, 1.807) is 6.08 Å². The second-order valence-electron chi connectivity index (χ2n) is 4.69. The third-order valence-electron chi connectivity index (χ3n) is 3.59. The fourth-order valence-corrected chi connectivity index (χ4v) is 2.60. The monoisotopic (exact) mass is 245 g/mol. The molecule has 2 rings (SSSR count). The summed E-state index contributed by atoms with van der Waals surface area (Å²) >= 11 is 0. The van der Waals surface area contributed by atoms with Crippen LogP contribution in [-0.2, 0) is 22.4 Å². The van der Waals surface area contributed by atoms with E-state index in [0.717, 1.165) is 12.8 Å². The zero-order chi connectivity index (χ0) is 13.0. The number of rotatable bonds is 4. The maximum absolute atomic E-state index is 12.1. The van der Waals surface area contributed by atoms with Gasteiger partial charge in [-0.25, -0.2) is 0 Å². The Morgan fingerprint density at radius 1 is 1.50 bits per heavy atom. The lowest BCUT2D eigenvalue weighted by atomic mass is 9.78. The minimum Gasteiger partial charge on any atom is -0.468 e. The Labute approximate surface area is 108 Å². The molecule has 1 aliphatic rings. The molecule has 0 aliphatic heterocycles. The maximum Gasteiger partial charge on any atom is 0.326 e.